The minimum atomic E-state index is -0.608. The van der Waals surface area contributed by atoms with Crippen molar-refractivity contribution in [3.8, 4) is 6.07 Å². The van der Waals surface area contributed by atoms with Gasteiger partial charge in [-0.3, -0.25) is 14.3 Å². The van der Waals surface area contributed by atoms with E-state index in [9.17, 15) is 9.59 Å². The van der Waals surface area contributed by atoms with Crippen LogP contribution in [0, 0.1) is 16.7 Å². The van der Waals surface area contributed by atoms with Gasteiger partial charge >= 0.3 is 0 Å². The lowest BCUT2D eigenvalue weighted by molar-refractivity contribution is -0.117. The minimum absolute atomic E-state index is 0.144. The van der Waals surface area contributed by atoms with Gasteiger partial charge in [-0.25, -0.2) is 0 Å². The number of nitrogens with one attached hydrogen (secondary N) is 1. The number of para-hydroxylation sites is 1. The molecule has 2 amide bonds. The van der Waals surface area contributed by atoms with Crippen LogP contribution in [0.2, 0.25) is 0 Å². The molecule has 0 spiro atoms. The molecule has 0 aliphatic heterocycles. The maximum Gasteiger partial charge on any atom is 0.273 e. The van der Waals surface area contributed by atoms with Crippen LogP contribution in [0.4, 0.5) is 0 Å². The Labute approximate surface area is 185 Å². The first-order valence-electron chi connectivity index (χ1n) is 10.4. The topological polar surface area (TPSA) is 153 Å². The van der Waals surface area contributed by atoms with E-state index in [0.29, 0.717) is 18.7 Å². The highest BCUT2D eigenvalue weighted by Gasteiger charge is 2.34. The van der Waals surface area contributed by atoms with Gasteiger partial charge in [-0.1, -0.05) is 44.1 Å². The Morgan fingerprint density at radius 1 is 1.28 bits per heavy atom. The number of aromatic nitrogens is 4. The van der Waals surface area contributed by atoms with Gasteiger partial charge in [-0.05, 0) is 24.3 Å². The highest BCUT2D eigenvalue weighted by atomic mass is 16.5. The van der Waals surface area contributed by atoms with Crippen molar-refractivity contribution in [3.63, 3.8) is 0 Å². The highest BCUT2D eigenvalue weighted by molar-refractivity contribution is 6.05. The van der Waals surface area contributed by atoms with E-state index >= 15 is 0 Å². The number of benzene rings is 1. The average molecular weight is 438 g/mol. The molecule has 32 heavy (non-hydrogen) atoms. The molecule has 0 radical (unpaired) electrons. The summed E-state index contributed by atoms with van der Waals surface area (Å²) in [5.41, 5.74) is 5.89. The summed E-state index contributed by atoms with van der Waals surface area (Å²) in [5, 5.41) is 20.8. The van der Waals surface area contributed by atoms with Gasteiger partial charge in [0.1, 0.15) is 6.04 Å². The molecule has 0 saturated heterocycles. The number of nitrogens with two attached hydrogens (primary N) is 1. The van der Waals surface area contributed by atoms with Crippen LogP contribution in [-0.4, -0.2) is 31.7 Å². The number of carbonyl (C=O) groups excluding carboxylic acids is 2. The maximum atomic E-state index is 13.3. The molecule has 0 aliphatic rings. The van der Waals surface area contributed by atoms with Crippen LogP contribution in [0.15, 0.2) is 28.8 Å². The number of rotatable bonds is 9. The Balaban J connectivity index is 1.87. The van der Waals surface area contributed by atoms with Gasteiger partial charge in [0, 0.05) is 18.4 Å². The van der Waals surface area contributed by atoms with Crippen molar-refractivity contribution < 1.29 is 14.1 Å². The third kappa shape index (κ3) is 5.29. The molecule has 1 aromatic carbocycles. The van der Waals surface area contributed by atoms with Gasteiger partial charge in [-0.2, -0.15) is 15.3 Å². The predicted molar refractivity (Wildman–Crippen MR) is 116 cm³/mol. The van der Waals surface area contributed by atoms with Crippen LogP contribution in [0.25, 0.3) is 10.9 Å². The van der Waals surface area contributed by atoms with Crippen molar-refractivity contribution in [2.24, 2.45) is 11.1 Å². The number of amides is 2. The lowest BCUT2D eigenvalue weighted by Crippen LogP contribution is -2.37. The fraction of sp³-hybridized carbons (Fsp3) is 0.455. The van der Waals surface area contributed by atoms with E-state index in [1.165, 1.54) is 0 Å². The van der Waals surface area contributed by atoms with Gasteiger partial charge in [0.05, 0.1) is 18.0 Å². The van der Waals surface area contributed by atoms with Crippen LogP contribution < -0.4 is 11.1 Å². The Morgan fingerprint density at radius 3 is 2.72 bits per heavy atom. The van der Waals surface area contributed by atoms with E-state index < -0.39 is 17.4 Å². The fourth-order valence-electron chi connectivity index (χ4n) is 3.39. The van der Waals surface area contributed by atoms with E-state index in [1.807, 2.05) is 45.0 Å². The smallest absolute Gasteiger partial charge is 0.273 e. The van der Waals surface area contributed by atoms with Crippen molar-refractivity contribution in [3.05, 3.63) is 41.7 Å². The molecule has 168 valence electrons. The maximum absolute atomic E-state index is 13.3. The molecule has 10 heteroatoms. The van der Waals surface area contributed by atoms with Crippen molar-refractivity contribution in [1.82, 2.24) is 25.2 Å². The molecule has 0 aliphatic carbocycles. The van der Waals surface area contributed by atoms with Gasteiger partial charge in [-0.15, -0.1) is 0 Å². The first kappa shape index (κ1) is 22.9. The van der Waals surface area contributed by atoms with Crippen LogP contribution in [-0.2, 0) is 17.8 Å². The fourth-order valence-corrected chi connectivity index (χ4v) is 3.39. The summed E-state index contributed by atoms with van der Waals surface area (Å²) in [6.45, 7) is 6.41. The quantitative estimate of drug-likeness (QED) is 0.488. The zero-order chi connectivity index (χ0) is 23.3. The van der Waals surface area contributed by atoms with Crippen LogP contribution in [0.1, 0.15) is 68.3 Å². The molecule has 0 saturated carbocycles. The van der Waals surface area contributed by atoms with Crippen molar-refractivity contribution >= 4 is 22.7 Å². The highest BCUT2D eigenvalue weighted by Crippen LogP contribution is 2.32. The number of carbonyl (C=O) groups is 2. The molecule has 0 fully saturated rings. The Bertz CT molecular complexity index is 1150. The molecule has 3 aromatic rings. The third-order valence-corrected chi connectivity index (χ3v) is 4.99. The SMILES string of the molecule is CC(C)(C)C(NC(=O)c1nn(CCCCC#N)c2ccccc12)c1nc(CC(N)=O)no1. The van der Waals surface area contributed by atoms with Crippen LogP contribution in [0.3, 0.4) is 0 Å². The van der Waals surface area contributed by atoms with Gasteiger partial charge in [0.2, 0.25) is 11.8 Å². The number of fused-ring (bicyclic) bond motifs is 1. The standard InChI is InChI=1S/C22H27N7O3/c1-22(2,3)19(21-25-17(28-32-21)13-16(24)30)26-20(31)18-14-9-5-6-10-15(14)29(27-18)12-8-4-7-11-23/h5-6,9-10,19H,4,7-8,12-13H2,1-3H3,(H2,24,30)(H,26,31). The van der Waals surface area contributed by atoms with Gasteiger partial charge in [0.25, 0.3) is 5.91 Å². The first-order chi connectivity index (χ1) is 15.2. The normalized spacial score (nSPS) is 12.4. The predicted octanol–water partition coefficient (Wildman–Crippen LogP) is 2.66. The average Bonchev–Trinajstić information content (AvgIpc) is 3.33. The van der Waals surface area contributed by atoms with Crippen molar-refractivity contribution in [2.45, 2.75) is 59.0 Å². The molecule has 1 unspecified atom stereocenters. The second-order valence-corrected chi connectivity index (χ2v) is 8.67. The molecular formula is C22H27N7O3. The number of primary amides is 1. The molecule has 0 bridgehead atoms. The monoisotopic (exact) mass is 437 g/mol. The number of unbranched alkanes of at least 4 members (excludes halogenated alkanes) is 2. The number of aryl methyl sites for hydroxylation is 1. The minimum Gasteiger partial charge on any atom is -0.369 e. The summed E-state index contributed by atoms with van der Waals surface area (Å²) in [4.78, 5) is 28.7. The summed E-state index contributed by atoms with van der Waals surface area (Å²) < 4.78 is 7.12. The lowest BCUT2D eigenvalue weighted by Gasteiger charge is -2.28. The molecule has 2 aromatic heterocycles. The summed E-state index contributed by atoms with van der Waals surface area (Å²) in [5.74, 6) is -0.572. The van der Waals surface area contributed by atoms with Gasteiger partial charge in [0.15, 0.2) is 11.5 Å². The molecule has 2 heterocycles. The Hall–Kier alpha value is -3.74. The van der Waals surface area contributed by atoms with Crippen LogP contribution >= 0.6 is 0 Å². The summed E-state index contributed by atoms with van der Waals surface area (Å²) in [7, 11) is 0. The van der Waals surface area contributed by atoms with E-state index in [-0.39, 0.29) is 24.0 Å². The van der Waals surface area contributed by atoms with E-state index in [0.717, 1.165) is 23.7 Å². The number of hydrogen-bond donors (Lipinski definition) is 2. The molecule has 1 atom stereocenters. The molecule has 3 N–H and O–H groups in total. The third-order valence-electron chi connectivity index (χ3n) is 4.99. The van der Waals surface area contributed by atoms with Gasteiger partial charge < -0.3 is 15.6 Å². The first-order valence-corrected chi connectivity index (χ1v) is 10.4. The van der Waals surface area contributed by atoms with E-state index in [2.05, 4.69) is 26.6 Å². The largest absolute Gasteiger partial charge is 0.369 e. The summed E-state index contributed by atoms with van der Waals surface area (Å²) in [6, 6.07) is 9.05. The van der Waals surface area contributed by atoms with E-state index in [4.69, 9.17) is 15.5 Å². The number of nitriles is 1. The Kier molecular flexibility index (Phi) is 6.88. The second-order valence-electron chi connectivity index (χ2n) is 8.67. The zero-order valence-corrected chi connectivity index (χ0v) is 18.5. The van der Waals surface area contributed by atoms with Crippen molar-refractivity contribution in [2.75, 3.05) is 0 Å². The summed E-state index contributed by atoms with van der Waals surface area (Å²) >= 11 is 0. The van der Waals surface area contributed by atoms with Crippen molar-refractivity contribution in [1.29, 1.82) is 5.26 Å². The second kappa shape index (κ2) is 9.60. The zero-order valence-electron chi connectivity index (χ0n) is 18.5. The number of hydrogen-bond acceptors (Lipinski definition) is 7. The molecular weight excluding hydrogens is 410 g/mol. The lowest BCUT2D eigenvalue weighted by atomic mass is 9.86. The molecule has 3 rings (SSSR count). The Morgan fingerprint density at radius 2 is 2.03 bits per heavy atom. The van der Waals surface area contributed by atoms with E-state index in [1.54, 1.807) is 4.68 Å². The van der Waals surface area contributed by atoms with Crippen LogP contribution in [0.5, 0.6) is 0 Å². The summed E-state index contributed by atoms with van der Waals surface area (Å²) in [6.07, 6.45) is 1.90. The molecule has 10 nitrogen and oxygen atoms in total. The number of nitrogens with zero attached hydrogens (tertiary/aromatic N) is 5.